The number of amides is 2. The van der Waals surface area contributed by atoms with Gasteiger partial charge in [-0.25, -0.2) is 4.79 Å². The van der Waals surface area contributed by atoms with Crippen LogP contribution in [0.3, 0.4) is 0 Å². The molecule has 0 saturated carbocycles. The molecule has 2 rings (SSSR count). The number of carbonyl (C=O) groups is 2. The third-order valence-electron chi connectivity index (χ3n) is 3.53. The molecule has 8 heteroatoms. The molecule has 1 saturated heterocycles. The second-order valence-corrected chi connectivity index (χ2v) is 7.56. The third-order valence-corrected chi connectivity index (χ3v) is 4.11. The summed E-state index contributed by atoms with van der Waals surface area (Å²) in [6.07, 6.45) is 2.82. The van der Waals surface area contributed by atoms with E-state index in [1.807, 2.05) is 20.8 Å². The van der Waals surface area contributed by atoms with Crippen molar-refractivity contribution in [3.05, 3.63) is 16.4 Å². The van der Waals surface area contributed by atoms with Gasteiger partial charge in [0.2, 0.25) is 0 Å². The Hall–Kier alpha value is -1.57. The second kappa shape index (κ2) is 6.90. The Morgan fingerprint density at radius 2 is 2.13 bits per heavy atom. The average molecular weight is 387 g/mol. The van der Waals surface area contributed by atoms with Crippen molar-refractivity contribution in [2.75, 3.05) is 13.1 Å². The Bertz CT molecular complexity index is 575. The lowest BCUT2D eigenvalue weighted by Crippen LogP contribution is -2.50. The number of alkyl carbamates (subject to hydrolysis) is 1. The molecule has 1 N–H and O–H groups in total. The minimum absolute atomic E-state index is 0.0902. The van der Waals surface area contributed by atoms with Gasteiger partial charge in [0, 0.05) is 26.2 Å². The summed E-state index contributed by atoms with van der Waals surface area (Å²) in [6.45, 7) is 6.61. The minimum atomic E-state index is -0.534. The van der Waals surface area contributed by atoms with Gasteiger partial charge in [0.25, 0.3) is 5.91 Å². The van der Waals surface area contributed by atoms with Gasteiger partial charge in [0.1, 0.15) is 11.3 Å². The molecule has 1 fully saturated rings. The fraction of sp³-hybridized carbons (Fsp3) is 0.667. The Balaban J connectivity index is 1.98. The zero-order valence-corrected chi connectivity index (χ0v) is 15.5. The molecule has 1 atom stereocenters. The van der Waals surface area contributed by atoms with Crippen molar-refractivity contribution in [3.8, 4) is 0 Å². The standard InChI is InChI=1S/C15H23BrN4O3/c1-15(2,3)23-14(22)18-10-6-5-7-20(9-10)13(21)12-11(16)8-17-19(12)4/h8,10H,5-7,9H2,1-4H3,(H,18,22)/t10-/m1/s1. The summed E-state index contributed by atoms with van der Waals surface area (Å²) in [7, 11) is 1.73. The van der Waals surface area contributed by atoms with Gasteiger partial charge < -0.3 is 15.0 Å². The summed E-state index contributed by atoms with van der Waals surface area (Å²) >= 11 is 3.35. The maximum absolute atomic E-state index is 12.7. The van der Waals surface area contributed by atoms with E-state index in [1.165, 1.54) is 0 Å². The van der Waals surface area contributed by atoms with Crippen molar-refractivity contribution in [1.82, 2.24) is 20.0 Å². The predicted molar refractivity (Wildman–Crippen MR) is 89.2 cm³/mol. The molecule has 0 spiro atoms. The van der Waals surface area contributed by atoms with E-state index >= 15 is 0 Å². The Morgan fingerprint density at radius 1 is 1.43 bits per heavy atom. The Labute approximate surface area is 144 Å². The van der Waals surface area contributed by atoms with Crippen molar-refractivity contribution in [2.24, 2.45) is 7.05 Å². The first-order chi connectivity index (χ1) is 10.7. The fourth-order valence-electron chi connectivity index (χ4n) is 2.55. The number of hydrogen-bond donors (Lipinski definition) is 1. The molecule has 0 aromatic carbocycles. The number of aryl methyl sites for hydroxylation is 1. The summed E-state index contributed by atoms with van der Waals surface area (Å²) in [4.78, 5) is 26.3. The molecule has 0 aliphatic carbocycles. The molecule has 1 aliphatic rings. The lowest BCUT2D eigenvalue weighted by atomic mass is 10.1. The van der Waals surface area contributed by atoms with E-state index in [9.17, 15) is 9.59 Å². The summed E-state index contributed by atoms with van der Waals surface area (Å²) in [5.74, 6) is -0.0902. The number of carbonyl (C=O) groups excluding carboxylic acids is 2. The van der Waals surface area contributed by atoms with Gasteiger partial charge in [0.15, 0.2) is 0 Å². The van der Waals surface area contributed by atoms with Crippen LogP contribution in [0, 0.1) is 0 Å². The van der Waals surface area contributed by atoms with Crippen molar-refractivity contribution in [3.63, 3.8) is 0 Å². The van der Waals surface area contributed by atoms with Crippen molar-refractivity contribution >= 4 is 27.9 Å². The van der Waals surface area contributed by atoms with Crippen LogP contribution in [0.2, 0.25) is 0 Å². The first kappa shape index (κ1) is 17.8. The monoisotopic (exact) mass is 386 g/mol. The first-order valence-electron chi connectivity index (χ1n) is 7.63. The van der Waals surface area contributed by atoms with Gasteiger partial charge >= 0.3 is 6.09 Å². The van der Waals surface area contributed by atoms with Gasteiger partial charge in [0.05, 0.1) is 10.7 Å². The number of rotatable bonds is 2. The van der Waals surface area contributed by atoms with Gasteiger partial charge in [-0.15, -0.1) is 0 Å². The maximum atomic E-state index is 12.7. The Kier molecular flexibility index (Phi) is 5.33. The lowest BCUT2D eigenvalue weighted by molar-refractivity contribution is 0.0450. The van der Waals surface area contributed by atoms with Crippen molar-refractivity contribution in [1.29, 1.82) is 0 Å². The molecular weight excluding hydrogens is 364 g/mol. The van der Waals surface area contributed by atoms with Crippen LogP contribution in [0.15, 0.2) is 10.7 Å². The number of nitrogens with zero attached hydrogens (tertiary/aromatic N) is 3. The summed E-state index contributed by atoms with van der Waals surface area (Å²) in [5.41, 5.74) is -0.0173. The molecule has 23 heavy (non-hydrogen) atoms. The van der Waals surface area contributed by atoms with Gasteiger partial charge in [-0.05, 0) is 49.5 Å². The van der Waals surface area contributed by atoms with Gasteiger partial charge in [-0.3, -0.25) is 9.48 Å². The number of nitrogens with one attached hydrogen (secondary N) is 1. The summed E-state index contributed by atoms with van der Waals surface area (Å²) in [6, 6.07) is -0.102. The van der Waals surface area contributed by atoms with Crippen LogP contribution in [0.4, 0.5) is 4.79 Å². The molecule has 0 bridgehead atoms. The van der Waals surface area contributed by atoms with E-state index < -0.39 is 11.7 Å². The SMILES string of the molecule is Cn1ncc(Br)c1C(=O)N1CCC[C@@H](NC(=O)OC(C)(C)C)C1. The molecular formula is C15H23BrN4O3. The van der Waals surface area contributed by atoms with Crippen molar-refractivity contribution in [2.45, 2.75) is 45.3 Å². The lowest BCUT2D eigenvalue weighted by Gasteiger charge is -2.33. The summed E-state index contributed by atoms with van der Waals surface area (Å²) in [5, 5.41) is 6.92. The third kappa shape index (κ3) is 4.70. The van der Waals surface area contributed by atoms with Crippen molar-refractivity contribution < 1.29 is 14.3 Å². The molecule has 128 valence electrons. The predicted octanol–water partition coefficient (Wildman–Crippen LogP) is 2.31. The van der Waals surface area contributed by atoms with E-state index in [-0.39, 0.29) is 11.9 Å². The molecule has 0 unspecified atom stereocenters. The van der Waals surface area contributed by atoms with Crippen LogP contribution in [0.1, 0.15) is 44.1 Å². The number of aromatic nitrogens is 2. The molecule has 2 amide bonds. The van der Waals surface area contributed by atoms with Crippen LogP contribution >= 0.6 is 15.9 Å². The highest BCUT2D eigenvalue weighted by Crippen LogP contribution is 2.20. The fourth-order valence-corrected chi connectivity index (χ4v) is 3.07. The second-order valence-electron chi connectivity index (χ2n) is 6.70. The maximum Gasteiger partial charge on any atom is 0.407 e. The zero-order valence-electron chi connectivity index (χ0n) is 13.9. The van der Waals surface area contributed by atoms with Crippen LogP contribution in [-0.4, -0.2) is 51.4 Å². The summed E-state index contributed by atoms with van der Waals surface area (Å²) < 4.78 is 7.50. The highest BCUT2D eigenvalue weighted by atomic mass is 79.9. The highest BCUT2D eigenvalue weighted by molar-refractivity contribution is 9.10. The van der Waals surface area contributed by atoms with Crippen LogP contribution in [0.5, 0.6) is 0 Å². The zero-order chi connectivity index (χ0) is 17.2. The van der Waals surface area contributed by atoms with Crippen LogP contribution in [0.25, 0.3) is 0 Å². The largest absolute Gasteiger partial charge is 0.444 e. The van der Waals surface area contributed by atoms with Crippen LogP contribution < -0.4 is 5.32 Å². The molecule has 2 heterocycles. The molecule has 0 radical (unpaired) electrons. The number of piperidine rings is 1. The van der Waals surface area contributed by atoms with E-state index in [2.05, 4.69) is 26.3 Å². The molecule has 1 aromatic heterocycles. The molecule has 1 aromatic rings. The number of halogens is 1. The average Bonchev–Trinajstić information content (AvgIpc) is 2.75. The minimum Gasteiger partial charge on any atom is -0.444 e. The van der Waals surface area contributed by atoms with Crippen LogP contribution in [-0.2, 0) is 11.8 Å². The van der Waals surface area contributed by atoms with E-state index in [0.29, 0.717) is 23.3 Å². The normalized spacial score (nSPS) is 18.7. The number of ether oxygens (including phenoxy) is 1. The van der Waals surface area contributed by atoms with Gasteiger partial charge in [-0.2, -0.15) is 5.10 Å². The van der Waals surface area contributed by atoms with E-state index in [4.69, 9.17) is 4.74 Å². The smallest absolute Gasteiger partial charge is 0.407 e. The molecule has 1 aliphatic heterocycles. The quantitative estimate of drug-likeness (QED) is 0.845. The van der Waals surface area contributed by atoms with E-state index in [1.54, 1.807) is 22.8 Å². The number of hydrogen-bond acceptors (Lipinski definition) is 4. The number of likely N-dealkylation sites (tertiary alicyclic amines) is 1. The highest BCUT2D eigenvalue weighted by Gasteiger charge is 2.29. The van der Waals surface area contributed by atoms with E-state index in [0.717, 1.165) is 12.8 Å². The first-order valence-corrected chi connectivity index (χ1v) is 8.43. The topological polar surface area (TPSA) is 76.5 Å². The Morgan fingerprint density at radius 3 is 2.70 bits per heavy atom. The van der Waals surface area contributed by atoms with Gasteiger partial charge in [-0.1, -0.05) is 0 Å². The molecule has 7 nitrogen and oxygen atoms in total.